The Hall–Kier alpha value is -5.26. The smallest absolute Gasteiger partial charge is 0.331 e. The fraction of sp³-hybridized carbons (Fsp3) is 0.333. The van der Waals surface area contributed by atoms with E-state index in [-0.39, 0.29) is 38.1 Å². The SMILES string of the molecule is COc1ccc(CCNC(=O)Cn2c(=O)n(CCCCC(=O)NCc3ccc4c(c3)OCO4)c(=O)c3ccccc32)cc1OC. The van der Waals surface area contributed by atoms with E-state index >= 15 is 0 Å². The van der Waals surface area contributed by atoms with Gasteiger partial charge in [-0.1, -0.05) is 24.3 Å². The summed E-state index contributed by atoms with van der Waals surface area (Å²) < 4.78 is 23.7. The Morgan fingerprint density at radius 3 is 2.42 bits per heavy atom. The topological polar surface area (TPSA) is 139 Å². The fourth-order valence-corrected chi connectivity index (χ4v) is 5.20. The van der Waals surface area contributed by atoms with Gasteiger partial charge in [0.1, 0.15) is 6.54 Å². The van der Waals surface area contributed by atoms with E-state index in [0.717, 1.165) is 15.7 Å². The van der Waals surface area contributed by atoms with Crippen LogP contribution in [-0.4, -0.2) is 48.5 Å². The third-order valence-corrected chi connectivity index (χ3v) is 7.58. The van der Waals surface area contributed by atoms with Crippen LogP contribution in [0.4, 0.5) is 0 Å². The van der Waals surface area contributed by atoms with E-state index in [4.69, 9.17) is 18.9 Å². The third-order valence-electron chi connectivity index (χ3n) is 7.58. The number of carbonyl (C=O) groups excluding carboxylic acids is 2. The number of amides is 2. The number of carbonyl (C=O) groups is 2. The van der Waals surface area contributed by atoms with Crippen molar-refractivity contribution in [3.63, 3.8) is 0 Å². The van der Waals surface area contributed by atoms with Crippen molar-refractivity contribution in [3.05, 3.63) is 92.6 Å². The predicted molar refractivity (Wildman–Crippen MR) is 167 cm³/mol. The summed E-state index contributed by atoms with van der Waals surface area (Å²) in [6.45, 7) is 0.760. The molecule has 1 aliphatic rings. The highest BCUT2D eigenvalue weighted by Gasteiger charge is 2.16. The Morgan fingerprint density at radius 2 is 1.60 bits per heavy atom. The number of nitrogens with one attached hydrogen (secondary N) is 2. The molecule has 0 unspecified atom stereocenters. The average molecular weight is 617 g/mol. The van der Waals surface area contributed by atoms with Crippen LogP contribution in [0.3, 0.4) is 0 Å². The van der Waals surface area contributed by atoms with Gasteiger partial charge in [-0.05, 0) is 66.8 Å². The van der Waals surface area contributed by atoms with Crippen LogP contribution in [0.5, 0.6) is 23.0 Å². The minimum absolute atomic E-state index is 0.124. The van der Waals surface area contributed by atoms with Crippen molar-refractivity contribution in [1.29, 1.82) is 0 Å². The number of methoxy groups -OCH3 is 2. The number of benzene rings is 3. The van der Waals surface area contributed by atoms with Crippen LogP contribution < -0.4 is 40.8 Å². The van der Waals surface area contributed by atoms with Crippen LogP contribution in [0.1, 0.15) is 30.4 Å². The predicted octanol–water partition coefficient (Wildman–Crippen LogP) is 2.75. The minimum Gasteiger partial charge on any atom is -0.493 e. The maximum Gasteiger partial charge on any atom is 0.331 e. The minimum atomic E-state index is -0.569. The Labute approximate surface area is 259 Å². The highest BCUT2D eigenvalue weighted by atomic mass is 16.7. The molecule has 2 N–H and O–H groups in total. The number of rotatable bonds is 14. The quantitative estimate of drug-likeness (QED) is 0.206. The molecule has 0 aliphatic carbocycles. The zero-order valence-corrected chi connectivity index (χ0v) is 25.3. The molecule has 2 amide bonds. The molecule has 12 heteroatoms. The Bertz CT molecular complexity index is 1810. The van der Waals surface area contributed by atoms with E-state index in [1.807, 2.05) is 30.3 Å². The van der Waals surface area contributed by atoms with Gasteiger partial charge >= 0.3 is 5.69 Å². The molecule has 4 aromatic rings. The summed E-state index contributed by atoms with van der Waals surface area (Å²) >= 11 is 0. The number of nitrogens with zero attached hydrogens (tertiary/aromatic N) is 2. The lowest BCUT2D eigenvalue weighted by Crippen LogP contribution is -2.43. The maximum atomic E-state index is 13.5. The first-order valence-corrected chi connectivity index (χ1v) is 14.7. The number of hydrogen-bond donors (Lipinski definition) is 2. The molecule has 0 fully saturated rings. The van der Waals surface area contributed by atoms with Crippen LogP contribution in [-0.2, 0) is 35.6 Å². The number of hydrogen-bond acceptors (Lipinski definition) is 8. The molecule has 2 heterocycles. The Morgan fingerprint density at radius 1 is 0.822 bits per heavy atom. The summed E-state index contributed by atoms with van der Waals surface area (Å²) in [5.41, 5.74) is 1.24. The number of unbranched alkanes of at least 4 members (excludes halogenated alkanes) is 1. The van der Waals surface area contributed by atoms with E-state index in [2.05, 4.69) is 10.6 Å². The lowest BCUT2D eigenvalue weighted by Gasteiger charge is -2.14. The molecular weight excluding hydrogens is 580 g/mol. The van der Waals surface area contributed by atoms with Crippen molar-refractivity contribution in [2.75, 3.05) is 27.6 Å². The molecule has 0 spiro atoms. The van der Waals surface area contributed by atoms with Crippen molar-refractivity contribution in [1.82, 2.24) is 19.8 Å². The molecule has 1 aromatic heterocycles. The van der Waals surface area contributed by atoms with E-state index in [1.54, 1.807) is 44.6 Å². The van der Waals surface area contributed by atoms with Gasteiger partial charge in [-0.2, -0.15) is 0 Å². The van der Waals surface area contributed by atoms with Crippen LogP contribution in [0.2, 0.25) is 0 Å². The first-order chi connectivity index (χ1) is 21.9. The number of fused-ring (bicyclic) bond motifs is 2. The largest absolute Gasteiger partial charge is 0.493 e. The van der Waals surface area contributed by atoms with Gasteiger partial charge in [0.25, 0.3) is 5.56 Å². The van der Waals surface area contributed by atoms with Crippen LogP contribution in [0.15, 0.2) is 70.3 Å². The van der Waals surface area contributed by atoms with Gasteiger partial charge in [0.2, 0.25) is 18.6 Å². The van der Waals surface area contributed by atoms with Crippen molar-refractivity contribution in [2.45, 2.75) is 45.3 Å². The van der Waals surface area contributed by atoms with Crippen molar-refractivity contribution in [3.8, 4) is 23.0 Å². The maximum absolute atomic E-state index is 13.5. The molecule has 3 aromatic carbocycles. The highest BCUT2D eigenvalue weighted by molar-refractivity contribution is 5.81. The molecule has 1 aliphatic heterocycles. The van der Waals surface area contributed by atoms with Crippen molar-refractivity contribution >= 4 is 22.7 Å². The highest BCUT2D eigenvalue weighted by Crippen LogP contribution is 2.32. The summed E-state index contributed by atoms with van der Waals surface area (Å²) in [6.07, 6.45) is 1.69. The van der Waals surface area contributed by atoms with Crippen molar-refractivity contribution < 1.29 is 28.5 Å². The zero-order chi connectivity index (χ0) is 31.8. The zero-order valence-electron chi connectivity index (χ0n) is 25.3. The van der Waals surface area contributed by atoms with E-state index in [1.165, 1.54) is 4.57 Å². The van der Waals surface area contributed by atoms with Gasteiger partial charge in [0.05, 0.1) is 25.1 Å². The molecule has 12 nitrogen and oxygen atoms in total. The van der Waals surface area contributed by atoms with Gasteiger partial charge in [-0.15, -0.1) is 0 Å². The summed E-state index contributed by atoms with van der Waals surface area (Å²) in [4.78, 5) is 52.0. The molecule has 236 valence electrons. The van der Waals surface area contributed by atoms with Gasteiger partial charge in [0, 0.05) is 26.1 Å². The van der Waals surface area contributed by atoms with Gasteiger partial charge in [0.15, 0.2) is 23.0 Å². The van der Waals surface area contributed by atoms with E-state index in [9.17, 15) is 19.2 Å². The van der Waals surface area contributed by atoms with Crippen LogP contribution in [0, 0.1) is 0 Å². The first-order valence-electron chi connectivity index (χ1n) is 14.7. The Balaban J connectivity index is 1.17. The van der Waals surface area contributed by atoms with E-state index < -0.39 is 11.2 Å². The second-order valence-electron chi connectivity index (χ2n) is 10.6. The van der Waals surface area contributed by atoms with Crippen molar-refractivity contribution in [2.24, 2.45) is 0 Å². The second-order valence-corrected chi connectivity index (χ2v) is 10.6. The molecule has 0 atom stereocenters. The molecular formula is C33H36N4O8. The average Bonchev–Trinajstić information content (AvgIpc) is 3.53. The number of para-hydroxylation sites is 1. The molecule has 0 radical (unpaired) electrons. The fourth-order valence-electron chi connectivity index (χ4n) is 5.20. The molecule has 0 saturated carbocycles. The first kappa shape index (κ1) is 31.2. The molecule has 0 bridgehead atoms. The third kappa shape index (κ3) is 7.46. The monoisotopic (exact) mass is 616 g/mol. The summed E-state index contributed by atoms with van der Waals surface area (Å²) in [5.74, 6) is 2.06. The lowest BCUT2D eigenvalue weighted by atomic mass is 10.1. The normalized spacial score (nSPS) is 11.8. The van der Waals surface area contributed by atoms with E-state index in [0.29, 0.717) is 66.3 Å². The standard InChI is InChI=1S/C33H36N4O8/c1-42-26-12-10-22(17-28(26)43-2)14-15-34-31(39)20-37-25-8-4-3-7-24(25)32(40)36(33(37)41)16-6-5-9-30(38)35-19-23-11-13-27-29(18-23)45-21-44-27/h3-4,7-8,10-13,17-18H,5-6,9,14-16,19-21H2,1-2H3,(H,34,39)(H,35,38). The summed E-state index contributed by atoms with van der Waals surface area (Å²) in [5, 5.41) is 6.08. The van der Waals surface area contributed by atoms with Crippen LogP contribution in [0.25, 0.3) is 10.9 Å². The van der Waals surface area contributed by atoms with Crippen LogP contribution >= 0.6 is 0 Å². The Kier molecular flexibility index (Phi) is 10.0. The number of aromatic nitrogens is 2. The molecule has 5 rings (SSSR count). The molecule has 45 heavy (non-hydrogen) atoms. The summed E-state index contributed by atoms with van der Waals surface area (Å²) in [6, 6.07) is 17.8. The molecule has 0 saturated heterocycles. The summed E-state index contributed by atoms with van der Waals surface area (Å²) in [7, 11) is 3.13. The second kappa shape index (κ2) is 14.5. The number of ether oxygens (including phenoxy) is 4. The van der Waals surface area contributed by atoms with Gasteiger partial charge in [-0.25, -0.2) is 4.79 Å². The van der Waals surface area contributed by atoms with Gasteiger partial charge in [-0.3, -0.25) is 23.5 Å². The lowest BCUT2D eigenvalue weighted by molar-refractivity contribution is -0.122. The van der Waals surface area contributed by atoms with Gasteiger partial charge < -0.3 is 29.6 Å².